The summed E-state index contributed by atoms with van der Waals surface area (Å²) in [6.07, 6.45) is 2.38. The lowest BCUT2D eigenvalue weighted by molar-refractivity contribution is -0.127. The van der Waals surface area contributed by atoms with Gasteiger partial charge in [-0.25, -0.2) is 4.79 Å². The number of nitrogens with one attached hydrogen (secondary N) is 2. The Labute approximate surface area is 153 Å². The molecule has 1 fully saturated rings. The molecule has 1 atom stereocenters. The number of H-pyrrole nitrogens is 1. The maximum atomic E-state index is 12.7. The van der Waals surface area contributed by atoms with Crippen LogP contribution in [0.4, 0.5) is 4.79 Å². The van der Waals surface area contributed by atoms with Gasteiger partial charge in [0.1, 0.15) is 6.04 Å². The van der Waals surface area contributed by atoms with Gasteiger partial charge in [-0.15, -0.1) is 0 Å². The third kappa shape index (κ3) is 3.05. The van der Waals surface area contributed by atoms with Crippen LogP contribution in [0.2, 0.25) is 0 Å². The number of amides is 3. The number of imide groups is 1. The average Bonchev–Trinajstić information content (AvgIpc) is 3.12. The van der Waals surface area contributed by atoms with Gasteiger partial charge >= 0.3 is 6.03 Å². The lowest BCUT2D eigenvalue weighted by Gasteiger charge is -2.13. The normalized spacial score (nSPS) is 17.3. The van der Waals surface area contributed by atoms with Crippen molar-refractivity contribution >= 4 is 38.8 Å². The van der Waals surface area contributed by atoms with Gasteiger partial charge in [-0.1, -0.05) is 46.3 Å². The first kappa shape index (κ1) is 15.9. The van der Waals surface area contributed by atoms with E-state index in [2.05, 4.69) is 26.2 Å². The number of benzene rings is 2. The lowest BCUT2D eigenvalue weighted by Crippen LogP contribution is -2.32. The molecule has 1 saturated heterocycles. The van der Waals surface area contributed by atoms with Gasteiger partial charge in [-0.05, 0) is 29.3 Å². The van der Waals surface area contributed by atoms with Crippen molar-refractivity contribution in [2.24, 2.45) is 0 Å². The minimum absolute atomic E-state index is 0.185. The monoisotopic (exact) mass is 397 g/mol. The molecule has 3 aromatic rings. The summed E-state index contributed by atoms with van der Waals surface area (Å²) in [6, 6.07) is 14.7. The first-order valence-corrected chi connectivity index (χ1v) is 8.82. The van der Waals surface area contributed by atoms with Crippen molar-refractivity contribution < 1.29 is 9.59 Å². The number of para-hydroxylation sites is 1. The standard InChI is InChI=1S/C19H16BrN3O2/c20-14-5-3-4-12(8-14)11-23-18(24)17(22-19(23)25)9-13-10-21-16-7-2-1-6-15(13)16/h1-8,10,17,21H,9,11H2,(H,22,25). The first-order valence-electron chi connectivity index (χ1n) is 8.03. The predicted molar refractivity (Wildman–Crippen MR) is 99.0 cm³/mol. The van der Waals surface area contributed by atoms with Crippen molar-refractivity contribution in [2.45, 2.75) is 19.0 Å². The Morgan fingerprint density at radius 1 is 1.08 bits per heavy atom. The number of aromatic amines is 1. The van der Waals surface area contributed by atoms with Crippen LogP contribution in [-0.2, 0) is 17.8 Å². The molecule has 1 aromatic heterocycles. The fraction of sp³-hybridized carbons (Fsp3) is 0.158. The first-order chi connectivity index (χ1) is 12.1. The number of carbonyl (C=O) groups excluding carboxylic acids is 2. The summed E-state index contributed by atoms with van der Waals surface area (Å²) in [5.74, 6) is -0.185. The molecule has 2 aromatic carbocycles. The quantitative estimate of drug-likeness (QED) is 0.660. The van der Waals surface area contributed by atoms with Gasteiger partial charge in [-0.3, -0.25) is 9.69 Å². The minimum atomic E-state index is -0.529. The molecular weight excluding hydrogens is 382 g/mol. The van der Waals surface area contributed by atoms with Crippen LogP contribution < -0.4 is 5.32 Å². The number of hydrogen-bond acceptors (Lipinski definition) is 2. The van der Waals surface area contributed by atoms with E-state index in [0.29, 0.717) is 6.42 Å². The molecule has 4 rings (SSSR count). The fourth-order valence-electron chi connectivity index (χ4n) is 3.20. The van der Waals surface area contributed by atoms with Crippen molar-refractivity contribution in [1.82, 2.24) is 15.2 Å². The smallest absolute Gasteiger partial charge is 0.325 e. The van der Waals surface area contributed by atoms with Gasteiger partial charge in [0.2, 0.25) is 0 Å². The molecule has 5 nitrogen and oxygen atoms in total. The van der Waals surface area contributed by atoms with Crippen molar-refractivity contribution in [2.75, 3.05) is 0 Å². The number of urea groups is 1. The Hall–Kier alpha value is -2.60. The summed E-state index contributed by atoms with van der Waals surface area (Å²) >= 11 is 3.41. The number of carbonyl (C=O) groups is 2. The van der Waals surface area contributed by atoms with Crippen LogP contribution in [0.15, 0.2) is 59.2 Å². The van der Waals surface area contributed by atoms with E-state index in [1.165, 1.54) is 4.90 Å². The highest BCUT2D eigenvalue weighted by atomic mass is 79.9. The van der Waals surface area contributed by atoms with Crippen molar-refractivity contribution in [3.8, 4) is 0 Å². The molecule has 2 N–H and O–H groups in total. The van der Waals surface area contributed by atoms with Crippen molar-refractivity contribution in [3.05, 3.63) is 70.3 Å². The second-order valence-electron chi connectivity index (χ2n) is 6.12. The highest BCUT2D eigenvalue weighted by Gasteiger charge is 2.38. The van der Waals surface area contributed by atoms with Crippen molar-refractivity contribution in [3.63, 3.8) is 0 Å². The topological polar surface area (TPSA) is 65.2 Å². The molecule has 25 heavy (non-hydrogen) atoms. The fourth-order valence-corrected chi connectivity index (χ4v) is 3.65. The maximum absolute atomic E-state index is 12.7. The Bertz CT molecular complexity index is 966. The summed E-state index contributed by atoms with van der Waals surface area (Å²) in [5.41, 5.74) is 2.96. The number of hydrogen-bond donors (Lipinski definition) is 2. The summed E-state index contributed by atoms with van der Waals surface area (Å²) < 4.78 is 0.924. The molecule has 3 amide bonds. The number of fused-ring (bicyclic) bond motifs is 1. The Balaban J connectivity index is 1.53. The summed E-state index contributed by atoms with van der Waals surface area (Å²) in [4.78, 5) is 29.4. The van der Waals surface area contributed by atoms with E-state index in [1.807, 2.05) is 54.7 Å². The number of halogens is 1. The number of aromatic nitrogens is 1. The average molecular weight is 398 g/mol. The van der Waals surface area contributed by atoms with Gasteiger partial charge in [0.15, 0.2) is 0 Å². The van der Waals surface area contributed by atoms with E-state index >= 15 is 0 Å². The van der Waals surface area contributed by atoms with E-state index < -0.39 is 6.04 Å². The molecule has 0 aliphatic carbocycles. The van der Waals surface area contributed by atoms with E-state index in [4.69, 9.17) is 0 Å². The number of rotatable bonds is 4. The van der Waals surface area contributed by atoms with E-state index in [9.17, 15) is 9.59 Å². The SMILES string of the molecule is O=C1NC(Cc2c[nH]c3ccccc23)C(=O)N1Cc1cccc(Br)c1. The zero-order valence-corrected chi connectivity index (χ0v) is 14.9. The second-order valence-corrected chi connectivity index (χ2v) is 7.04. The molecule has 1 aliphatic rings. The van der Waals surface area contributed by atoms with E-state index in [-0.39, 0.29) is 18.5 Å². The molecule has 1 aliphatic heterocycles. The van der Waals surface area contributed by atoms with Crippen LogP contribution in [0.5, 0.6) is 0 Å². The lowest BCUT2D eigenvalue weighted by atomic mass is 10.0. The molecule has 2 heterocycles. The molecule has 0 spiro atoms. The molecule has 6 heteroatoms. The zero-order chi connectivity index (χ0) is 17.4. The van der Waals surface area contributed by atoms with Gasteiger partial charge in [0.25, 0.3) is 5.91 Å². The van der Waals surface area contributed by atoms with Crippen LogP contribution in [0.1, 0.15) is 11.1 Å². The van der Waals surface area contributed by atoms with Gasteiger partial charge < -0.3 is 10.3 Å². The number of nitrogens with zero attached hydrogens (tertiary/aromatic N) is 1. The zero-order valence-electron chi connectivity index (χ0n) is 13.3. The maximum Gasteiger partial charge on any atom is 0.325 e. The summed E-state index contributed by atoms with van der Waals surface area (Å²) in [5, 5.41) is 3.88. The van der Waals surface area contributed by atoms with Crippen LogP contribution in [0, 0.1) is 0 Å². The highest BCUT2D eigenvalue weighted by Crippen LogP contribution is 2.22. The summed E-state index contributed by atoms with van der Waals surface area (Å²) in [6.45, 7) is 0.272. The largest absolute Gasteiger partial charge is 0.361 e. The van der Waals surface area contributed by atoms with Gasteiger partial charge in [-0.2, -0.15) is 0 Å². The van der Waals surface area contributed by atoms with E-state index in [1.54, 1.807) is 0 Å². The molecular formula is C19H16BrN3O2. The van der Waals surface area contributed by atoms with Crippen LogP contribution in [0.25, 0.3) is 10.9 Å². The second kappa shape index (κ2) is 6.37. The molecule has 1 unspecified atom stereocenters. The Kier molecular flexibility index (Phi) is 4.05. The van der Waals surface area contributed by atoms with Crippen LogP contribution in [0.3, 0.4) is 0 Å². The highest BCUT2D eigenvalue weighted by molar-refractivity contribution is 9.10. The van der Waals surface area contributed by atoms with Crippen LogP contribution in [-0.4, -0.2) is 27.9 Å². The Morgan fingerprint density at radius 3 is 2.76 bits per heavy atom. The van der Waals surface area contributed by atoms with Gasteiger partial charge in [0, 0.05) is 28.0 Å². The predicted octanol–water partition coefficient (Wildman–Crippen LogP) is 3.59. The van der Waals surface area contributed by atoms with Gasteiger partial charge in [0.05, 0.1) is 6.54 Å². The molecule has 0 bridgehead atoms. The molecule has 0 radical (unpaired) electrons. The van der Waals surface area contributed by atoms with Crippen molar-refractivity contribution in [1.29, 1.82) is 0 Å². The minimum Gasteiger partial charge on any atom is -0.361 e. The third-order valence-corrected chi connectivity index (χ3v) is 4.93. The summed E-state index contributed by atoms with van der Waals surface area (Å²) in [7, 11) is 0. The van der Waals surface area contributed by atoms with Crippen LogP contribution >= 0.6 is 15.9 Å². The van der Waals surface area contributed by atoms with E-state index in [0.717, 1.165) is 26.5 Å². The molecule has 0 saturated carbocycles. The third-order valence-electron chi connectivity index (χ3n) is 4.44. The molecule has 126 valence electrons. The Morgan fingerprint density at radius 2 is 1.92 bits per heavy atom.